The monoisotopic (exact) mass is 433 g/mol. The standard InChI is InChI=1S/C17H19ClF3N5OS/c1-24-4-6-25(7-5-24)16(27)14-13(18)15-22-10(11-3-2-8-28-11)9-12(17(19,20)21)26(15)23-14/h2-3,8,10,12,22H,4-7,9H2,1H3/t10-,12-/m0/s1. The van der Waals surface area contributed by atoms with Crippen LogP contribution in [0.4, 0.5) is 19.0 Å². The van der Waals surface area contributed by atoms with Crippen molar-refractivity contribution in [2.45, 2.75) is 24.7 Å². The molecule has 0 aromatic carbocycles. The average Bonchev–Trinajstić information content (AvgIpc) is 3.29. The maximum absolute atomic E-state index is 13.7. The zero-order valence-corrected chi connectivity index (χ0v) is 16.6. The van der Waals surface area contributed by atoms with Gasteiger partial charge in [-0.3, -0.25) is 4.79 Å². The van der Waals surface area contributed by atoms with Gasteiger partial charge in [-0.25, -0.2) is 4.68 Å². The summed E-state index contributed by atoms with van der Waals surface area (Å²) in [5, 5.41) is 8.82. The average molecular weight is 434 g/mol. The van der Waals surface area contributed by atoms with Crippen molar-refractivity contribution in [3.63, 3.8) is 0 Å². The Labute approximate surface area is 168 Å². The van der Waals surface area contributed by atoms with E-state index in [4.69, 9.17) is 11.6 Å². The molecule has 28 heavy (non-hydrogen) atoms. The Morgan fingerprint density at radius 3 is 2.64 bits per heavy atom. The van der Waals surface area contributed by atoms with Gasteiger partial charge < -0.3 is 15.1 Å². The third kappa shape index (κ3) is 3.48. The lowest BCUT2D eigenvalue weighted by Gasteiger charge is -2.33. The van der Waals surface area contributed by atoms with Gasteiger partial charge in [-0.15, -0.1) is 11.3 Å². The fourth-order valence-electron chi connectivity index (χ4n) is 3.56. The largest absolute Gasteiger partial charge is 0.410 e. The van der Waals surface area contributed by atoms with Crippen LogP contribution in [0.1, 0.15) is 33.9 Å². The highest BCUT2D eigenvalue weighted by Crippen LogP contribution is 2.46. The van der Waals surface area contributed by atoms with Gasteiger partial charge in [-0.2, -0.15) is 18.3 Å². The molecule has 6 nitrogen and oxygen atoms in total. The number of thiophene rings is 1. The van der Waals surface area contributed by atoms with Crippen molar-refractivity contribution in [1.29, 1.82) is 0 Å². The Hall–Kier alpha value is -1.78. The predicted molar refractivity (Wildman–Crippen MR) is 101 cm³/mol. The molecule has 0 unspecified atom stereocenters. The lowest BCUT2D eigenvalue weighted by molar-refractivity contribution is -0.173. The Bertz CT molecular complexity index is 861. The quantitative estimate of drug-likeness (QED) is 0.785. The van der Waals surface area contributed by atoms with Gasteiger partial charge in [0.15, 0.2) is 11.7 Å². The summed E-state index contributed by atoms with van der Waals surface area (Å²) in [7, 11) is 1.95. The number of alkyl halides is 3. The summed E-state index contributed by atoms with van der Waals surface area (Å²) < 4.78 is 42.1. The lowest BCUT2D eigenvalue weighted by atomic mass is 10.0. The molecular weight excluding hydrogens is 415 g/mol. The first kappa shape index (κ1) is 19.5. The number of anilines is 1. The molecule has 11 heteroatoms. The van der Waals surface area contributed by atoms with E-state index >= 15 is 0 Å². The minimum atomic E-state index is -4.50. The minimum Gasteiger partial charge on any atom is -0.361 e. The summed E-state index contributed by atoms with van der Waals surface area (Å²) in [5.41, 5.74) is -0.130. The van der Waals surface area contributed by atoms with Crippen LogP contribution in [0.5, 0.6) is 0 Å². The number of carbonyl (C=O) groups excluding carboxylic acids is 1. The molecule has 0 aliphatic carbocycles. The molecule has 4 rings (SSSR count). The normalized spacial score (nSPS) is 23.4. The zero-order valence-electron chi connectivity index (χ0n) is 15.0. The maximum Gasteiger partial charge on any atom is 0.410 e. The van der Waals surface area contributed by atoms with Crippen molar-refractivity contribution in [1.82, 2.24) is 19.6 Å². The van der Waals surface area contributed by atoms with Gasteiger partial charge >= 0.3 is 6.18 Å². The first-order chi connectivity index (χ1) is 13.3. The maximum atomic E-state index is 13.7. The summed E-state index contributed by atoms with van der Waals surface area (Å²) in [6, 6.07) is 1.19. The molecule has 0 radical (unpaired) electrons. The molecule has 4 heterocycles. The van der Waals surface area contributed by atoms with Crippen molar-refractivity contribution in [3.05, 3.63) is 33.1 Å². The van der Waals surface area contributed by atoms with E-state index in [0.717, 1.165) is 9.56 Å². The highest BCUT2D eigenvalue weighted by Gasteiger charge is 2.48. The summed E-state index contributed by atoms with van der Waals surface area (Å²) in [6.45, 7) is 2.37. The van der Waals surface area contributed by atoms with Gasteiger partial charge in [-0.1, -0.05) is 17.7 Å². The lowest BCUT2D eigenvalue weighted by Crippen LogP contribution is -2.47. The van der Waals surface area contributed by atoms with Crippen molar-refractivity contribution < 1.29 is 18.0 Å². The third-order valence-electron chi connectivity index (χ3n) is 5.18. The van der Waals surface area contributed by atoms with E-state index in [2.05, 4.69) is 15.3 Å². The smallest absolute Gasteiger partial charge is 0.361 e. The van der Waals surface area contributed by atoms with E-state index < -0.39 is 24.2 Å². The second-order valence-electron chi connectivity index (χ2n) is 7.06. The molecule has 0 saturated carbocycles. The molecule has 1 N–H and O–H groups in total. The van der Waals surface area contributed by atoms with Crippen LogP contribution in [0.15, 0.2) is 17.5 Å². The number of aromatic nitrogens is 2. The van der Waals surface area contributed by atoms with Crippen LogP contribution in [-0.4, -0.2) is 64.9 Å². The second kappa shape index (κ2) is 7.23. The van der Waals surface area contributed by atoms with Crippen LogP contribution < -0.4 is 5.32 Å². The van der Waals surface area contributed by atoms with E-state index in [1.807, 2.05) is 12.4 Å². The van der Waals surface area contributed by atoms with Crippen LogP contribution in [0.3, 0.4) is 0 Å². The molecule has 1 amide bonds. The first-order valence-electron chi connectivity index (χ1n) is 8.88. The van der Waals surface area contributed by atoms with E-state index in [-0.39, 0.29) is 23.0 Å². The summed E-state index contributed by atoms with van der Waals surface area (Å²) >= 11 is 7.74. The van der Waals surface area contributed by atoms with Crippen LogP contribution >= 0.6 is 22.9 Å². The highest BCUT2D eigenvalue weighted by atomic mass is 35.5. The molecule has 1 fully saturated rings. The summed E-state index contributed by atoms with van der Waals surface area (Å²) in [5.74, 6) is -0.387. The number of halogens is 4. The van der Waals surface area contributed by atoms with Crippen LogP contribution in [0.2, 0.25) is 5.02 Å². The number of rotatable bonds is 2. The number of hydrogen-bond donors (Lipinski definition) is 1. The van der Waals surface area contributed by atoms with Gasteiger partial charge in [0.25, 0.3) is 5.91 Å². The van der Waals surface area contributed by atoms with Crippen molar-refractivity contribution in [2.24, 2.45) is 0 Å². The van der Waals surface area contributed by atoms with Crippen LogP contribution in [0, 0.1) is 0 Å². The summed E-state index contributed by atoms with van der Waals surface area (Å²) in [6.07, 6.45) is -4.72. The molecule has 2 aliphatic rings. The number of likely N-dealkylation sites (N-methyl/N-ethyl adjacent to an activating group) is 1. The third-order valence-corrected chi connectivity index (χ3v) is 6.52. The van der Waals surface area contributed by atoms with Crippen LogP contribution in [-0.2, 0) is 0 Å². The number of hydrogen-bond acceptors (Lipinski definition) is 5. The SMILES string of the molecule is CN1CCN(C(=O)c2nn3c(c2Cl)N[C@H](c2cccs2)C[C@H]3C(F)(F)F)CC1. The number of amides is 1. The van der Waals surface area contributed by atoms with Crippen LogP contribution in [0.25, 0.3) is 0 Å². The van der Waals surface area contributed by atoms with Crippen molar-refractivity contribution >= 4 is 34.7 Å². The second-order valence-corrected chi connectivity index (χ2v) is 8.41. The van der Waals surface area contributed by atoms with Gasteiger partial charge in [0.05, 0.1) is 6.04 Å². The zero-order chi connectivity index (χ0) is 20.1. The topological polar surface area (TPSA) is 53.4 Å². The van der Waals surface area contributed by atoms with Gasteiger partial charge in [0, 0.05) is 37.5 Å². The summed E-state index contributed by atoms with van der Waals surface area (Å²) in [4.78, 5) is 17.3. The molecule has 1 saturated heterocycles. The fourth-order valence-corrected chi connectivity index (χ4v) is 4.61. The van der Waals surface area contributed by atoms with Gasteiger partial charge in [0.2, 0.25) is 0 Å². The molecular formula is C17H19ClF3N5OS. The van der Waals surface area contributed by atoms with E-state index in [0.29, 0.717) is 26.2 Å². The molecule has 0 spiro atoms. The Morgan fingerprint density at radius 1 is 1.32 bits per heavy atom. The Balaban J connectivity index is 1.69. The molecule has 2 aromatic heterocycles. The van der Waals surface area contributed by atoms with Crippen molar-refractivity contribution in [3.8, 4) is 0 Å². The molecule has 152 valence electrons. The Kier molecular flexibility index (Phi) is 5.05. The molecule has 0 bridgehead atoms. The molecule has 2 aromatic rings. The van der Waals surface area contributed by atoms with Gasteiger partial charge in [0.1, 0.15) is 10.8 Å². The molecule has 2 aliphatic heterocycles. The molecule has 2 atom stereocenters. The minimum absolute atomic E-state index is 0.0473. The number of nitrogens with zero attached hydrogens (tertiary/aromatic N) is 4. The van der Waals surface area contributed by atoms with Gasteiger partial charge in [-0.05, 0) is 18.5 Å². The highest BCUT2D eigenvalue weighted by molar-refractivity contribution is 7.10. The predicted octanol–water partition coefficient (Wildman–Crippen LogP) is 3.65. The first-order valence-corrected chi connectivity index (χ1v) is 10.1. The number of piperazine rings is 1. The fraction of sp³-hybridized carbons (Fsp3) is 0.529. The van der Waals surface area contributed by atoms with E-state index in [1.165, 1.54) is 11.3 Å². The number of fused-ring (bicyclic) bond motifs is 1. The number of carbonyl (C=O) groups is 1. The van der Waals surface area contributed by atoms with E-state index in [1.54, 1.807) is 17.0 Å². The van der Waals surface area contributed by atoms with Crippen molar-refractivity contribution in [2.75, 3.05) is 38.5 Å². The van der Waals surface area contributed by atoms with E-state index in [9.17, 15) is 18.0 Å². The number of nitrogens with one attached hydrogen (secondary N) is 1. The Morgan fingerprint density at radius 2 is 2.04 bits per heavy atom.